The molecule has 0 atom stereocenters. The van der Waals surface area contributed by atoms with Crippen molar-refractivity contribution >= 4 is 15.8 Å². The Balaban J connectivity index is 2.60. The lowest BCUT2D eigenvalue weighted by molar-refractivity contribution is 0.600. The van der Waals surface area contributed by atoms with Gasteiger partial charge in [-0.3, -0.25) is 0 Å². The Kier molecular flexibility index (Phi) is 4.83. The van der Waals surface area contributed by atoms with E-state index in [0.717, 1.165) is 5.56 Å². The summed E-state index contributed by atoms with van der Waals surface area (Å²) < 4.78 is 22.1. The highest BCUT2D eigenvalue weighted by Crippen LogP contribution is 2.05. The van der Waals surface area contributed by atoms with Gasteiger partial charge < -0.3 is 10.2 Å². The van der Waals surface area contributed by atoms with E-state index in [1.807, 2.05) is 7.05 Å². The predicted molar refractivity (Wildman–Crippen MR) is 67.8 cm³/mol. The molecular formula is C10H18N4O2S. The molecule has 0 aliphatic rings. The van der Waals surface area contributed by atoms with Gasteiger partial charge in [0, 0.05) is 44.4 Å². The molecule has 6 nitrogen and oxygen atoms in total. The monoisotopic (exact) mass is 258 g/mol. The first-order valence-corrected chi connectivity index (χ1v) is 7.33. The summed E-state index contributed by atoms with van der Waals surface area (Å²) >= 11 is 0. The highest BCUT2D eigenvalue weighted by molar-refractivity contribution is 7.90. The van der Waals surface area contributed by atoms with Crippen LogP contribution < -0.4 is 10.2 Å². The van der Waals surface area contributed by atoms with E-state index in [-0.39, 0.29) is 5.75 Å². The van der Waals surface area contributed by atoms with Gasteiger partial charge in [-0.05, 0) is 7.05 Å². The zero-order valence-corrected chi connectivity index (χ0v) is 11.2. The minimum absolute atomic E-state index is 0.102. The maximum absolute atomic E-state index is 11.0. The molecule has 0 amide bonds. The molecule has 1 aromatic rings. The standard InChI is InChI=1S/C10H18N4O2S/c1-11-6-9-7-12-10(13-8-9)14(2)4-5-17(3,15)16/h7-8,11H,4-6H2,1-3H3. The summed E-state index contributed by atoms with van der Waals surface area (Å²) in [7, 11) is 0.678. The quantitative estimate of drug-likeness (QED) is 0.753. The first-order valence-electron chi connectivity index (χ1n) is 5.27. The molecule has 0 spiro atoms. The number of hydrogen-bond donors (Lipinski definition) is 1. The number of sulfone groups is 1. The third-order valence-corrected chi connectivity index (χ3v) is 3.14. The van der Waals surface area contributed by atoms with E-state index < -0.39 is 9.84 Å². The molecule has 0 aliphatic heterocycles. The van der Waals surface area contributed by atoms with Crippen LogP contribution in [0.4, 0.5) is 5.95 Å². The summed E-state index contributed by atoms with van der Waals surface area (Å²) in [4.78, 5) is 10.1. The van der Waals surface area contributed by atoms with E-state index in [4.69, 9.17) is 0 Å². The smallest absolute Gasteiger partial charge is 0.225 e. The van der Waals surface area contributed by atoms with E-state index in [2.05, 4.69) is 15.3 Å². The van der Waals surface area contributed by atoms with Gasteiger partial charge in [0.25, 0.3) is 0 Å². The number of hydrogen-bond acceptors (Lipinski definition) is 6. The van der Waals surface area contributed by atoms with Crippen molar-refractivity contribution in [2.24, 2.45) is 0 Å². The van der Waals surface area contributed by atoms with Crippen LogP contribution in [-0.4, -0.2) is 51.0 Å². The second-order valence-corrected chi connectivity index (χ2v) is 6.23. The molecule has 1 aromatic heterocycles. The van der Waals surface area contributed by atoms with E-state index in [1.165, 1.54) is 6.26 Å². The first-order chi connectivity index (χ1) is 7.92. The largest absolute Gasteiger partial charge is 0.343 e. The molecule has 1 N–H and O–H groups in total. The van der Waals surface area contributed by atoms with Crippen LogP contribution in [0.15, 0.2) is 12.4 Å². The van der Waals surface area contributed by atoms with E-state index in [9.17, 15) is 8.42 Å². The van der Waals surface area contributed by atoms with Gasteiger partial charge in [0.1, 0.15) is 9.84 Å². The van der Waals surface area contributed by atoms with Crippen molar-refractivity contribution in [1.82, 2.24) is 15.3 Å². The molecule has 1 rings (SSSR count). The topological polar surface area (TPSA) is 75.2 Å². The minimum Gasteiger partial charge on any atom is -0.343 e. The Morgan fingerprint density at radius 2 is 1.94 bits per heavy atom. The summed E-state index contributed by atoms with van der Waals surface area (Å²) in [6.45, 7) is 1.11. The molecule has 7 heteroatoms. The Bertz CT molecular complexity index is 444. The number of nitrogens with zero attached hydrogens (tertiary/aromatic N) is 3. The summed E-state index contributed by atoms with van der Waals surface area (Å²) in [5, 5.41) is 3.00. The number of aromatic nitrogens is 2. The summed E-state index contributed by atoms with van der Waals surface area (Å²) in [6, 6.07) is 0. The lowest BCUT2D eigenvalue weighted by atomic mass is 10.3. The van der Waals surface area contributed by atoms with Crippen molar-refractivity contribution in [2.75, 3.05) is 37.5 Å². The van der Waals surface area contributed by atoms with Crippen molar-refractivity contribution in [1.29, 1.82) is 0 Å². The SMILES string of the molecule is CNCc1cnc(N(C)CCS(C)(=O)=O)nc1. The molecule has 0 aromatic carbocycles. The Hall–Kier alpha value is -1.21. The predicted octanol–water partition coefficient (Wildman–Crippen LogP) is -0.323. The second kappa shape index (κ2) is 5.92. The van der Waals surface area contributed by atoms with Crippen LogP contribution in [0, 0.1) is 0 Å². The van der Waals surface area contributed by atoms with Gasteiger partial charge in [0.2, 0.25) is 5.95 Å². The van der Waals surface area contributed by atoms with E-state index in [0.29, 0.717) is 19.0 Å². The molecule has 0 saturated heterocycles. The molecule has 96 valence electrons. The molecule has 0 saturated carbocycles. The first kappa shape index (κ1) is 13.9. The van der Waals surface area contributed by atoms with Crippen LogP contribution in [0.25, 0.3) is 0 Å². The van der Waals surface area contributed by atoms with Gasteiger partial charge in [0.15, 0.2) is 0 Å². The van der Waals surface area contributed by atoms with Crippen LogP contribution >= 0.6 is 0 Å². The number of anilines is 1. The Morgan fingerprint density at radius 1 is 1.35 bits per heavy atom. The van der Waals surface area contributed by atoms with Crippen molar-refractivity contribution in [2.45, 2.75) is 6.54 Å². The van der Waals surface area contributed by atoms with Crippen molar-refractivity contribution in [3.8, 4) is 0 Å². The summed E-state index contributed by atoms with van der Waals surface area (Å²) in [6.07, 6.45) is 4.68. The van der Waals surface area contributed by atoms with Crippen LogP contribution in [-0.2, 0) is 16.4 Å². The maximum Gasteiger partial charge on any atom is 0.225 e. The third-order valence-electron chi connectivity index (χ3n) is 2.21. The molecule has 0 radical (unpaired) electrons. The fraction of sp³-hybridized carbons (Fsp3) is 0.600. The van der Waals surface area contributed by atoms with E-state index >= 15 is 0 Å². The molecule has 0 aliphatic carbocycles. The van der Waals surface area contributed by atoms with Gasteiger partial charge in [-0.25, -0.2) is 18.4 Å². The van der Waals surface area contributed by atoms with Crippen molar-refractivity contribution in [3.63, 3.8) is 0 Å². The molecule has 0 unspecified atom stereocenters. The lowest BCUT2D eigenvalue weighted by Gasteiger charge is -2.16. The van der Waals surface area contributed by atoms with Crippen LogP contribution in [0.2, 0.25) is 0 Å². The number of rotatable bonds is 6. The molecule has 0 fully saturated rings. The zero-order valence-electron chi connectivity index (χ0n) is 10.3. The van der Waals surface area contributed by atoms with Gasteiger partial charge in [-0.15, -0.1) is 0 Å². The minimum atomic E-state index is -2.95. The molecule has 0 bridgehead atoms. The summed E-state index contributed by atoms with van der Waals surface area (Å²) in [5.41, 5.74) is 0.993. The maximum atomic E-state index is 11.0. The van der Waals surface area contributed by atoms with Crippen LogP contribution in [0.3, 0.4) is 0 Å². The average molecular weight is 258 g/mol. The normalized spacial score (nSPS) is 11.5. The van der Waals surface area contributed by atoms with Crippen LogP contribution in [0.1, 0.15) is 5.56 Å². The van der Waals surface area contributed by atoms with Gasteiger partial charge >= 0.3 is 0 Å². The number of nitrogens with one attached hydrogen (secondary N) is 1. The highest BCUT2D eigenvalue weighted by atomic mass is 32.2. The van der Waals surface area contributed by atoms with Gasteiger partial charge in [-0.2, -0.15) is 0 Å². The van der Waals surface area contributed by atoms with E-state index in [1.54, 1.807) is 24.3 Å². The lowest BCUT2D eigenvalue weighted by Crippen LogP contribution is -2.26. The molecule has 17 heavy (non-hydrogen) atoms. The average Bonchev–Trinajstić information content (AvgIpc) is 2.26. The molecular weight excluding hydrogens is 240 g/mol. The fourth-order valence-corrected chi connectivity index (χ4v) is 1.85. The fourth-order valence-electron chi connectivity index (χ4n) is 1.24. The molecule has 1 heterocycles. The third kappa shape index (κ3) is 5.10. The Labute approximate surface area is 102 Å². The van der Waals surface area contributed by atoms with Crippen LogP contribution in [0.5, 0.6) is 0 Å². The van der Waals surface area contributed by atoms with Crippen molar-refractivity contribution < 1.29 is 8.42 Å². The van der Waals surface area contributed by atoms with Crippen molar-refractivity contribution in [3.05, 3.63) is 18.0 Å². The zero-order chi connectivity index (χ0) is 12.9. The highest BCUT2D eigenvalue weighted by Gasteiger charge is 2.08. The summed E-state index contributed by atoms with van der Waals surface area (Å²) in [5.74, 6) is 0.638. The second-order valence-electron chi connectivity index (χ2n) is 3.97. The Morgan fingerprint density at radius 3 is 2.41 bits per heavy atom. The van der Waals surface area contributed by atoms with Gasteiger partial charge in [-0.1, -0.05) is 0 Å². The van der Waals surface area contributed by atoms with Gasteiger partial charge in [0.05, 0.1) is 5.75 Å².